The highest BCUT2D eigenvalue weighted by atomic mass is 32.2. The molecule has 96 valence electrons. The van der Waals surface area contributed by atoms with Crippen molar-refractivity contribution in [2.45, 2.75) is 38.3 Å². The second kappa shape index (κ2) is 5.44. The van der Waals surface area contributed by atoms with E-state index >= 15 is 0 Å². The van der Waals surface area contributed by atoms with Gasteiger partial charge in [0.2, 0.25) is 10.0 Å². The Kier molecular flexibility index (Phi) is 4.73. The Hall–Kier alpha value is -0.170. The van der Waals surface area contributed by atoms with Crippen molar-refractivity contribution in [3.05, 3.63) is 0 Å². The van der Waals surface area contributed by atoms with Crippen LogP contribution < -0.4 is 10.0 Å². The van der Waals surface area contributed by atoms with Gasteiger partial charge in [0, 0.05) is 25.2 Å². The lowest BCUT2D eigenvalue weighted by molar-refractivity contribution is 0.109. The summed E-state index contributed by atoms with van der Waals surface area (Å²) in [6.07, 6.45) is 3.67. The molecule has 1 fully saturated rings. The molecule has 0 aliphatic carbocycles. The molecule has 1 aliphatic rings. The molecule has 1 saturated heterocycles. The summed E-state index contributed by atoms with van der Waals surface area (Å²) in [5, 5.41) is 3.24. The zero-order valence-corrected chi connectivity index (χ0v) is 11.1. The van der Waals surface area contributed by atoms with Gasteiger partial charge in [-0.25, -0.2) is 13.1 Å². The second-order valence-electron chi connectivity index (χ2n) is 5.02. The molecule has 0 bridgehead atoms. The number of hydrogen-bond donors (Lipinski definition) is 2. The van der Waals surface area contributed by atoms with Crippen LogP contribution in [0.1, 0.15) is 26.7 Å². The molecule has 2 N–H and O–H groups in total. The molecule has 0 aromatic heterocycles. The van der Waals surface area contributed by atoms with Gasteiger partial charge in [-0.15, -0.1) is 0 Å². The summed E-state index contributed by atoms with van der Waals surface area (Å²) in [5.41, 5.74) is -0.466. The van der Waals surface area contributed by atoms with E-state index in [1.54, 1.807) is 0 Å². The SMILES string of the molecule is CC(C)(CNCC1CCCO1)NS(C)(=O)=O. The molecule has 0 radical (unpaired) electrons. The Morgan fingerprint density at radius 3 is 2.62 bits per heavy atom. The molecule has 1 atom stereocenters. The van der Waals surface area contributed by atoms with E-state index in [0.29, 0.717) is 6.54 Å². The predicted octanol–water partition coefficient (Wildman–Crippen LogP) is 0.0828. The first-order chi connectivity index (χ1) is 7.29. The smallest absolute Gasteiger partial charge is 0.209 e. The molecule has 0 aromatic carbocycles. The molecular formula is C10H22N2O3S. The third kappa shape index (κ3) is 5.79. The van der Waals surface area contributed by atoms with Gasteiger partial charge in [-0.1, -0.05) is 0 Å². The molecule has 1 heterocycles. The highest BCUT2D eigenvalue weighted by Crippen LogP contribution is 2.11. The van der Waals surface area contributed by atoms with Crippen molar-refractivity contribution in [3.63, 3.8) is 0 Å². The van der Waals surface area contributed by atoms with Gasteiger partial charge < -0.3 is 10.1 Å². The van der Waals surface area contributed by atoms with Crippen LogP contribution in [-0.2, 0) is 14.8 Å². The van der Waals surface area contributed by atoms with Crippen LogP contribution in [0.15, 0.2) is 0 Å². The highest BCUT2D eigenvalue weighted by Gasteiger charge is 2.22. The molecule has 0 saturated carbocycles. The zero-order valence-electron chi connectivity index (χ0n) is 10.2. The molecule has 16 heavy (non-hydrogen) atoms. The molecule has 0 aromatic rings. The maximum absolute atomic E-state index is 11.1. The fourth-order valence-electron chi connectivity index (χ4n) is 1.89. The summed E-state index contributed by atoms with van der Waals surface area (Å²) >= 11 is 0. The third-order valence-electron chi connectivity index (χ3n) is 2.42. The normalized spacial score (nSPS) is 22.6. The van der Waals surface area contributed by atoms with Crippen molar-refractivity contribution in [2.75, 3.05) is 26.0 Å². The van der Waals surface area contributed by atoms with Crippen molar-refractivity contribution in [2.24, 2.45) is 0 Å². The first kappa shape index (κ1) is 13.9. The first-order valence-corrected chi connectivity index (χ1v) is 7.49. The first-order valence-electron chi connectivity index (χ1n) is 5.60. The maximum atomic E-state index is 11.1. The molecule has 6 heteroatoms. The summed E-state index contributed by atoms with van der Waals surface area (Å²) in [6.45, 7) is 5.94. The topological polar surface area (TPSA) is 67.4 Å². The standard InChI is InChI=1S/C10H22N2O3S/c1-10(2,12-16(3,13)14)8-11-7-9-5-4-6-15-9/h9,11-12H,4-8H2,1-3H3. The molecule has 0 amide bonds. The van der Waals surface area contributed by atoms with Crippen LogP contribution in [0.5, 0.6) is 0 Å². The fourth-order valence-corrected chi connectivity index (χ4v) is 2.96. The van der Waals surface area contributed by atoms with Crippen LogP contribution in [0.4, 0.5) is 0 Å². The minimum atomic E-state index is -3.15. The van der Waals surface area contributed by atoms with Crippen LogP contribution in [0.3, 0.4) is 0 Å². The average Bonchev–Trinajstić information content (AvgIpc) is 2.51. The number of ether oxygens (including phenoxy) is 1. The zero-order chi connectivity index (χ0) is 12.2. The Morgan fingerprint density at radius 1 is 1.44 bits per heavy atom. The minimum Gasteiger partial charge on any atom is -0.377 e. The maximum Gasteiger partial charge on any atom is 0.209 e. The third-order valence-corrected chi connectivity index (χ3v) is 3.35. The summed E-state index contributed by atoms with van der Waals surface area (Å²) < 4.78 is 30.3. The van der Waals surface area contributed by atoms with E-state index in [1.807, 2.05) is 13.8 Å². The van der Waals surface area contributed by atoms with Crippen molar-refractivity contribution in [1.29, 1.82) is 0 Å². The van der Waals surface area contributed by atoms with Crippen LogP contribution in [0.2, 0.25) is 0 Å². The van der Waals surface area contributed by atoms with Crippen LogP contribution in [-0.4, -0.2) is 46.0 Å². The van der Waals surface area contributed by atoms with Gasteiger partial charge in [0.1, 0.15) is 0 Å². The Labute approximate surface area is 98.0 Å². The largest absolute Gasteiger partial charge is 0.377 e. The number of hydrogen-bond acceptors (Lipinski definition) is 4. The van der Waals surface area contributed by atoms with Crippen LogP contribution in [0.25, 0.3) is 0 Å². The Morgan fingerprint density at radius 2 is 2.12 bits per heavy atom. The van der Waals surface area contributed by atoms with E-state index in [9.17, 15) is 8.42 Å². The number of rotatable bonds is 6. The van der Waals surface area contributed by atoms with E-state index in [0.717, 1.165) is 26.0 Å². The quantitative estimate of drug-likeness (QED) is 0.701. The van der Waals surface area contributed by atoms with Crippen molar-refractivity contribution in [1.82, 2.24) is 10.0 Å². The van der Waals surface area contributed by atoms with E-state index in [2.05, 4.69) is 10.0 Å². The van der Waals surface area contributed by atoms with Crippen LogP contribution in [0, 0.1) is 0 Å². The lowest BCUT2D eigenvalue weighted by atomic mass is 10.1. The van der Waals surface area contributed by atoms with E-state index < -0.39 is 15.6 Å². The van der Waals surface area contributed by atoms with Gasteiger partial charge in [-0.05, 0) is 26.7 Å². The lowest BCUT2D eigenvalue weighted by Gasteiger charge is -2.26. The van der Waals surface area contributed by atoms with E-state index in [4.69, 9.17) is 4.74 Å². The van der Waals surface area contributed by atoms with Gasteiger partial charge >= 0.3 is 0 Å². The van der Waals surface area contributed by atoms with Gasteiger partial charge in [-0.2, -0.15) is 0 Å². The summed E-state index contributed by atoms with van der Waals surface area (Å²) in [4.78, 5) is 0. The molecule has 1 rings (SSSR count). The van der Waals surface area contributed by atoms with Crippen molar-refractivity contribution in [3.8, 4) is 0 Å². The van der Waals surface area contributed by atoms with E-state index in [1.165, 1.54) is 6.26 Å². The number of nitrogens with one attached hydrogen (secondary N) is 2. The molecule has 5 nitrogen and oxygen atoms in total. The fraction of sp³-hybridized carbons (Fsp3) is 1.00. The minimum absolute atomic E-state index is 0.286. The lowest BCUT2D eigenvalue weighted by Crippen LogP contribution is -2.50. The molecule has 1 aliphatic heterocycles. The molecule has 1 unspecified atom stereocenters. The monoisotopic (exact) mass is 250 g/mol. The molecular weight excluding hydrogens is 228 g/mol. The summed E-state index contributed by atoms with van der Waals surface area (Å²) in [5.74, 6) is 0. The summed E-state index contributed by atoms with van der Waals surface area (Å²) in [6, 6.07) is 0. The average molecular weight is 250 g/mol. The van der Waals surface area contributed by atoms with Gasteiger partial charge in [0.05, 0.1) is 12.4 Å². The van der Waals surface area contributed by atoms with Crippen molar-refractivity contribution >= 4 is 10.0 Å². The van der Waals surface area contributed by atoms with Gasteiger partial charge in [-0.3, -0.25) is 0 Å². The summed E-state index contributed by atoms with van der Waals surface area (Å²) in [7, 11) is -3.15. The molecule has 0 spiro atoms. The highest BCUT2D eigenvalue weighted by molar-refractivity contribution is 7.88. The van der Waals surface area contributed by atoms with Gasteiger partial charge in [0.15, 0.2) is 0 Å². The van der Waals surface area contributed by atoms with E-state index in [-0.39, 0.29) is 6.10 Å². The Balaban J connectivity index is 2.24. The van der Waals surface area contributed by atoms with Crippen LogP contribution >= 0.6 is 0 Å². The number of sulfonamides is 1. The Bertz CT molecular complexity index is 308. The predicted molar refractivity (Wildman–Crippen MR) is 63.9 cm³/mol. The van der Waals surface area contributed by atoms with Crippen molar-refractivity contribution < 1.29 is 13.2 Å². The second-order valence-corrected chi connectivity index (χ2v) is 6.77. The van der Waals surface area contributed by atoms with Gasteiger partial charge in [0.25, 0.3) is 0 Å².